The molecule has 88 valence electrons. The summed E-state index contributed by atoms with van der Waals surface area (Å²) in [6.07, 6.45) is 0. The molecule has 3 nitrogen and oxygen atoms in total. The third-order valence-electron chi connectivity index (χ3n) is 2.23. The predicted octanol–water partition coefficient (Wildman–Crippen LogP) is 2.75. The topological polar surface area (TPSA) is 54.4 Å². The van der Waals surface area contributed by atoms with Gasteiger partial charge in [0.1, 0.15) is 4.88 Å². The van der Waals surface area contributed by atoms with Crippen LogP contribution in [-0.2, 0) is 16.6 Å². The minimum Gasteiger partial charge on any atom is -0.477 e. The van der Waals surface area contributed by atoms with Crippen LogP contribution < -0.4 is 0 Å². The summed E-state index contributed by atoms with van der Waals surface area (Å²) in [6, 6.07) is 10.8. The molecule has 0 radical (unpaired) electrons. The van der Waals surface area contributed by atoms with Crippen LogP contribution in [-0.4, -0.2) is 15.3 Å². The van der Waals surface area contributed by atoms with Crippen molar-refractivity contribution in [1.29, 1.82) is 0 Å². The summed E-state index contributed by atoms with van der Waals surface area (Å²) >= 11 is 1.16. The molecule has 0 aliphatic rings. The minimum atomic E-state index is -1.20. The molecule has 1 unspecified atom stereocenters. The Hall–Kier alpha value is -1.46. The molecule has 1 aromatic heterocycles. The number of thiophene rings is 1. The molecule has 0 spiro atoms. The molecule has 0 amide bonds. The van der Waals surface area contributed by atoms with E-state index in [-0.39, 0.29) is 10.6 Å². The SMILES string of the molecule is O=C(O)c1sccc1CS(=O)c1ccccc1. The van der Waals surface area contributed by atoms with Crippen molar-refractivity contribution in [3.05, 3.63) is 52.2 Å². The summed E-state index contributed by atoms with van der Waals surface area (Å²) in [6.45, 7) is 0. The number of carbonyl (C=O) groups is 1. The maximum absolute atomic E-state index is 12.0. The second-order valence-corrected chi connectivity index (χ2v) is 5.75. The number of hydrogen-bond acceptors (Lipinski definition) is 3. The van der Waals surface area contributed by atoms with Crippen LogP contribution in [0.2, 0.25) is 0 Å². The van der Waals surface area contributed by atoms with Crippen molar-refractivity contribution in [2.45, 2.75) is 10.6 Å². The minimum absolute atomic E-state index is 0.245. The van der Waals surface area contributed by atoms with E-state index in [0.717, 1.165) is 16.2 Å². The average molecular weight is 266 g/mol. The van der Waals surface area contributed by atoms with Crippen LogP contribution in [0.1, 0.15) is 15.2 Å². The van der Waals surface area contributed by atoms with Gasteiger partial charge in [0.2, 0.25) is 0 Å². The second kappa shape index (κ2) is 5.25. The first-order valence-electron chi connectivity index (χ1n) is 4.91. The Morgan fingerprint density at radius 3 is 2.59 bits per heavy atom. The fraction of sp³-hybridized carbons (Fsp3) is 0.0833. The Morgan fingerprint density at radius 2 is 1.94 bits per heavy atom. The molecule has 2 rings (SSSR count). The van der Waals surface area contributed by atoms with Crippen molar-refractivity contribution in [3.63, 3.8) is 0 Å². The number of benzene rings is 1. The van der Waals surface area contributed by atoms with Crippen molar-refractivity contribution < 1.29 is 14.1 Å². The molecule has 0 saturated heterocycles. The number of carboxylic acids is 1. The maximum Gasteiger partial charge on any atom is 0.346 e. The zero-order valence-corrected chi connectivity index (χ0v) is 10.5. The second-order valence-electron chi connectivity index (χ2n) is 3.38. The normalized spacial score (nSPS) is 12.2. The molecule has 0 aliphatic heterocycles. The van der Waals surface area contributed by atoms with E-state index in [2.05, 4.69) is 0 Å². The van der Waals surface area contributed by atoms with Gasteiger partial charge in [-0.2, -0.15) is 0 Å². The van der Waals surface area contributed by atoms with Gasteiger partial charge in [-0.05, 0) is 29.1 Å². The van der Waals surface area contributed by atoms with Gasteiger partial charge in [-0.15, -0.1) is 11.3 Å². The number of hydrogen-bond donors (Lipinski definition) is 1. The van der Waals surface area contributed by atoms with Gasteiger partial charge < -0.3 is 5.11 Å². The lowest BCUT2D eigenvalue weighted by Gasteiger charge is -2.01. The first kappa shape index (κ1) is 12.0. The van der Waals surface area contributed by atoms with Crippen LogP contribution in [0.15, 0.2) is 46.7 Å². The Balaban J connectivity index is 2.19. The van der Waals surface area contributed by atoms with Crippen LogP contribution in [0.5, 0.6) is 0 Å². The molecule has 17 heavy (non-hydrogen) atoms. The van der Waals surface area contributed by atoms with Crippen molar-refractivity contribution >= 4 is 28.1 Å². The molecule has 2 aromatic rings. The van der Waals surface area contributed by atoms with E-state index in [9.17, 15) is 9.00 Å². The number of carboxylic acid groups (broad SMARTS) is 1. The Kier molecular flexibility index (Phi) is 3.71. The third kappa shape index (κ3) is 2.81. The largest absolute Gasteiger partial charge is 0.477 e. The van der Waals surface area contributed by atoms with Crippen LogP contribution in [0.25, 0.3) is 0 Å². The zero-order valence-electron chi connectivity index (χ0n) is 8.83. The highest BCUT2D eigenvalue weighted by molar-refractivity contribution is 7.84. The monoisotopic (exact) mass is 266 g/mol. The van der Waals surface area contributed by atoms with E-state index >= 15 is 0 Å². The zero-order chi connectivity index (χ0) is 12.3. The van der Waals surface area contributed by atoms with E-state index in [4.69, 9.17) is 5.11 Å². The van der Waals surface area contributed by atoms with Crippen LogP contribution in [0.3, 0.4) is 0 Å². The lowest BCUT2D eigenvalue weighted by atomic mass is 10.3. The summed E-state index contributed by atoms with van der Waals surface area (Å²) < 4.78 is 12.0. The van der Waals surface area contributed by atoms with Gasteiger partial charge in [0, 0.05) is 4.90 Å². The third-order valence-corrected chi connectivity index (χ3v) is 4.55. The lowest BCUT2D eigenvalue weighted by Crippen LogP contribution is -2.01. The first-order chi connectivity index (χ1) is 8.18. The van der Waals surface area contributed by atoms with Crippen molar-refractivity contribution in [1.82, 2.24) is 0 Å². The standard InChI is InChI=1S/C12H10O3S2/c13-12(14)11-9(6-7-16-11)8-17(15)10-4-2-1-3-5-10/h1-7H,8H2,(H,13,14). The van der Waals surface area contributed by atoms with Crippen LogP contribution in [0.4, 0.5) is 0 Å². The summed E-state index contributed by atoms with van der Waals surface area (Å²) in [5, 5.41) is 10.7. The van der Waals surface area contributed by atoms with Crippen LogP contribution in [0, 0.1) is 0 Å². The number of rotatable bonds is 4. The van der Waals surface area contributed by atoms with Gasteiger partial charge in [0.15, 0.2) is 0 Å². The highest BCUT2D eigenvalue weighted by Crippen LogP contribution is 2.20. The molecule has 5 heteroatoms. The first-order valence-corrected chi connectivity index (χ1v) is 7.11. The molecule has 0 bridgehead atoms. The molecule has 1 atom stereocenters. The number of aromatic carboxylic acids is 1. The van der Waals surface area contributed by atoms with Crippen molar-refractivity contribution in [2.75, 3.05) is 0 Å². The molecule has 0 fully saturated rings. The van der Waals surface area contributed by atoms with E-state index in [1.165, 1.54) is 0 Å². The average Bonchev–Trinajstić information content (AvgIpc) is 2.78. The fourth-order valence-electron chi connectivity index (χ4n) is 1.43. The van der Waals surface area contributed by atoms with Gasteiger partial charge in [-0.25, -0.2) is 4.79 Å². The van der Waals surface area contributed by atoms with Gasteiger partial charge >= 0.3 is 5.97 Å². The van der Waals surface area contributed by atoms with Gasteiger partial charge in [-0.1, -0.05) is 18.2 Å². The summed E-state index contributed by atoms with van der Waals surface area (Å²) in [5.41, 5.74) is 0.629. The van der Waals surface area contributed by atoms with Gasteiger partial charge in [-0.3, -0.25) is 4.21 Å². The summed E-state index contributed by atoms with van der Waals surface area (Å²) in [7, 11) is -1.20. The Morgan fingerprint density at radius 1 is 1.24 bits per heavy atom. The maximum atomic E-state index is 12.0. The lowest BCUT2D eigenvalue weighted by molar-refractivity contribution is 0.0701. The van der Waals surface area contributed by atoms with Gasteiger partial charge in [0.05, 0.1) is 16.6 Å². The van der Waals surface area contributed by atoms with Crippen LogP contribution >= 0.6 is 11.3 Å². The molecule has 1 aromatic carbocycles. The van der Waals surface area contributed by atoms with Crippen molar-refractivity contribution in [2.24, 2.45) is 0 Å². The predicted molar refractivity (Wildman–Crippen MR) is 67.8 cm³/mol. The Bertz CT molecular complexity index is 546. The quantitative estimate of drug-likeness (QED) is 0.925. The highest BCUT2D eigenvalue weighted by atomic mass is 32.2. The van der Waals surface area contributed by atoms with E-state index in [1.54, 1.807) is 23.6 Å². The molecular weight excluding hydrogens is 256 g/mol. The highest BCUT2D eigenvalue weighted by Gasteiger charge is 2.14. The Labute approximate surface area is 105 Å². The summed E-state index contributed by atoms with van der Waals surface area (Å²) in [4.78, 5) is 11.9. The van der Waals surface area contributed by atoms with Crippen molar-refractivity contribution in [3.8, 4) is 0 Å². The fourth-order valence-corrected chi connectivity index (χ4v) is 3.44. The van der Waals surface area contributed by atoms with Gasteiger partial charge in [0.25, 0.3) is 0 Å². The molecule has 0 saturated carbocycles. The smallest absolute Gasteiger partial charge is 0.346 e. The van der Waals surface area contributed by atoms with E-state index < -0.39 is 16.8 Å². The van der Waals surface area contributed by atoms with E-state index in [1.807, 2.05) is 18.2 Å². The summed E-state index contributed by atoms with van der Waals surface area (Å²) in [5.74, 6) is -0.713. The van der Waals surface area contributed by atoms with E-state index in [0.29, 0.717) is 5.56 Å². The molecular formula is C12H10O3S2. The molecule has 1 heterocycles. The molecule has 1 N–H and O–H groups in total. The molecule has 0 aliphatic carbocycles.